The van der Waals surface area contributed by atoms with Crippen LogP contribution >= 0.6 is 0 Å². The van der Waals surface area contributed by atoms with E-state index >= 15 is 0 Å². The van der Waals surface area contributed by atoms with Crippen molar-refractivity contribution in [2.75, 3.05) is 18.4 Å². The van der Waals surface area contributed by atoms with Gasteiger partial charge in [0.15, 0.2) is 0 Å². The van der Waals surface area contributed by atoms with Crippen LogP contribution in [0.3, 0.4) is 0 Å². The number of benzene rings is 2. The Labute approximate surface area is 292 Å². The number of anilines is 1. The number of rotatable bonds is 4. The van der Waals surface area contributed by atoms with Crippen LogP contribution in [0.25, 0.3) is 21.8 Å². The SMILES string of the molecule is C.CC(C)(C)C(=O)n1ncc2cc(CC3CC4CCC3NC4)ccc21.CC(C)(C)C(=O)n1ncc2cc(NC3CC4CCC3NC4)ccc21. The Hall–Kier alpha value is -3.56. The number of carbonyl (C=O) groups is 2. The quantitative estimate of drug-likeness (QED) is 0.206. The summed E-state index contributed by atoms with van der Waals surface area (Å²) in [4.78, 5) is 25.0. The summed E-state index contributed by atoms with van der Waals surface area (Å²) in [5.41, 5.74) is 3.41. The van der Waals surface area contributed by atoms with E-state index in [0.29, 0.717) is 18.1 Å². The van der Waals surface area contributed by atoms with Crippen LogP contribution in [0.4, 0.5) is 5.69 Å². The normalized spacial score (nSPS) is 26.2. The van der Waals surface area contributed by atoms with Gasteiger partial charge in [-0.25, -0.2) is 0 Å². The lowest BCUT2D eigenvalue weighted by molar-refractivity contribution is 0.0749. The number of nitrogens with zero attached hydrogens (tertiary/aromatic N) is 4. The average Bonchev–Trinajstić information content (AvgIpc) is 3.68. The highest BCUT2D eigenvalue weighted by atomic mass is 16.2. The second-order valence-corrected chi connectivity index (χ2v) is 17.0. The van der Waals surface area contributed by atoms with Crippen LogP contribution in [0.15, 0.2) is 48.8 Å². The molecule has 6 aliphatic rings. The summed E-state index contributed by atoms with van der Waals surface area (Å²) in [6, 6.07) is 14.4. The number of carbonyl (C=O) groups excluding carboxylic acids is 2. The Kier molecular flexibility index (Phi) is 9.81. The van der Waals surface area contributed by atoms with E-state index in [0.717, 1.165) is 51.7 Å². The van der Waals surface area contributed by atoms with Crippen molar-refractivity contribution in [1.82, 2.24) is 30.2 Å². The molecule has 2 aromatic carbocycles. The Morgan fingerprint density at radius 2 is 1.31 bits per heavy atom. The first kappa shape index (κ1) is 35.3. The fraction of sp³-hybridized carbons (Fsp3) is 0.600. The molecule has 9 heteroatoms. The minimum Gasteiger partial charge on any atom is -0.381 e. The Morgan fingerprint density at radius 3 is 1.80 bits per heavy atom. The van der Waals surface area contributed by atoms with Gasteiger partial charge in [-0.1, -0.05) is 55.0 Å². The van der Waals surface area contributed by atoms with E-state index in [9.17, 15) is 9.59 Å². The van der Waals surface area contributed by atoms with E-state index < -0.39 is 10.8 Å². The fourth-order valence-electron chi connectivity index (χ4n) is 8.33. The minimum absolute atomic E-state index is 0. The minimum atomic E-state index is -0.442. The van der Waals surface area contributed by atoms with Gasteiger partial charge in [0, 0.05) is 45.4 Å². The van der Waals surface area contributed by atoms with E-state index in [4.69, 9.17) is 0 Å². The highest BCUT2D eigenvalue weighted by molar-refractivity contribution is 5.95. The van der Waals surface area contributed by atoms with Gasteiger partial charge in [-0.3, -0.25) is 9.59 Å². The summed E-state index contributed by atoms with van der Waals surface area (Å²) < 4.78 is 3.09. The van der Waals surface area contributed by atoms with Gasteiger partial charge in [0.1, 0.15) is 0 Å². The molecular weight excluding hydrogens is 610 g/mol. The molecule has 6 fully saturated rings. The first-order chi connectivity index (χ1) is 22.8. The molecule has 10 rings (SSSR count). The Morgan fingerprint density at radius 1 is 0.755 bits per heavy atom. The van der Waals surface area contributed by atoms with Crippen LogP contribution in [0.1, 0.15) is 103 Å². The number of hydrogen-bond acceptors (Lipinski definition) is 7. The van der Waals surface area contributed by atoms with Crippen LogP contribution in [-0.4, -0.2) is 62.6 Å². The molecule has 4 bridgehead atoms. The smallest absolute Gasteiger partial charge is 0.252 e. The first-order valence-electron chi connectivity index (χ1n) is 18.1. The van der Waals surface area contributed by atoms with Crippen LogP contribution in [0.2, 0.25) is 0 Å². The predicted octanol–water partition coefficient (Wildman–Crippen LogP) is 7.56. The maximum atomic E-state index is 12.5. The van der Waals surface area contributed by atoms with E-state index in [2.05, 4.69) is 56.5 Å². The van der Waals surface area contributed by atoms with Gasteiger partial charge in [0.2, 0.25) is 0 Å². The second-order valence-electron chi connectivity index (χ2n) is 17.0. The zero-order valence-electron chi connectivity index (χ0n) is 29.6. The molecule has 6 atom stereocenters. The summed E-state index contributed by atoms with van der Waals surface area (Å²) in [6.07, 6.45) is 12.7. The van der Waals surface area contributed by atoms with E-state index in [1.807, 2.05) is 53.8 Å². The number of aromatic nitrogens is 4. The van der Waals surface area contributed by atoms with E-state index in [-0.39, 0.29) is 19.2 Å². The molecule has 49 heavy (non-hydrogen) atoms. The molecule has 2 aromatic heterocycles. The Balaban J connectivity index is 0.000000167. The average molecular weight is 668 g/mol. The van der Waals surface area contributed by atoms with Gasteiger partial charge < -0.3 is 16.0 Å². The molecule has 264 valence electrons. The van der Waals surface area contributed by atoms with Gasteiger partial charge >= 0.3 is 0 Å². The second kappa shape index (κ2) is 13.6. The molecule has 3 N–H and O–H groups in total. The van der Waals surface area contributed by atoms with E-state index in [1.165, 1.54) is 61.9 Å². The molecule has 4 aromatic rings. The maximum absolute atomic E-state index is 12.5. The van der Waals surface area contributed by atoms with Crippen molar-refractivity contribution in [3.63, 3.8) is 0 Å². The number of nitrogens with one attached hydrogen (secondary N) is 3. The highest BCUT2D eigenvalue weighted by Crippen LogP contribution is 2.36. The zero-order valence-corrected chi connectivity index (χ0v) is 29.6. The summed E-state index contributed by atoms with van der Waals surface area (Å²) in [5, 5.41) is 21.8. The lowest BCUT2D eigenvalue weighted by Gasteiger charge is -2.43. The van der Waals surface area contributed by atoms with Crippen LogP contribution in [0, 0.1) is 28.6 Å². The molecule has 0 spiro atoms. The molecule has 0 radical (unpaired) electrons. The van der Waals surface area contributed by atoms with Gasteiger partial charge in [-0.05, 0) is 112 Å². The van der Waals surface area contributed by atoms with Crippen molar-refractivity contribution in [2.45, 2.75) is 112 Å². The first-order valence-corrected chi connectivity index (χ1v) is 18.1. The van der Waals surface area contributed by atoms with Crippen molar-refractivity contribution in [3.8, 4) is 0 Å². The third-order valence-corrected chi connectivity index (χ3v) is 11.1. The van der Waals surface area contributed by atoms with Crippen LogP contribution in [0.5, 0.6) is 0 Å². The zero-order chi connectivity index (χ0) is 33.8. The van der Waals surface area contributed by atoms with Gasteiger partial charge in [0.25, 0.3) is 11.8 Å². The maximum Gasteiger partial charge on any atom is 0.252 e. The summed E-state index contributed by atoms with van der Waals surface area (Å²) in [7, 11) is 0. The van der Waals surface area contributed by atoms with Crippen LogP contribution < -0.4 is 16.0 Å². The third kappa shape index (κ3) is 7.34. The lowest BCUT2D eigenvalue weighted by Crippen LogP contribution is -2.55. The molecule has 4 saturated heterocycles. The molecule has 2 saturated carbocycles. The molecule has 2 aliphatic carbocycles. The van der Waals surface area contributed by atoms with Crippen molar-refractivity contribution >= 4 is 39.3 Å². The summed E-state index contributed by atoms with van der Waals surface area (Å²) in [5.74, 6) is 2.49. The van der Waals surface area contributed by atoms with Crippen molar-refractivity contribution in [3.05, 3.63) is 54.4 Å². The molecule has 6 heterocycles. The fourth-order valence-corrected chi connectivity index (χ4v) is 8.33. The van der Waals surface area contributed by atoms with Crippen molar-refractivity contribution in [2.24, 2.45) is 28.6 Å². The van der Waals surface area contributed by atoms with Crippen molar-refractivity contribution in [1.29, 1.82) is 0 Å². The van der Waals surface area contributed by atoms with Crippen LogP contribution in [-0.2, 0) is 6.42 Å². The van der Waals surface area contributed by atoms with E-state index in [1.54, 1.807) is 10.9 Å². The molecule has 4 aliphatic heterocycles. The largest absolute Gasteiger partial charge is 0.381 e. The molecular formula is C40H57N7O2. The molecule has 0 amide bonds. The highest BCUT2D eigenvalue weighted by Gasteiger charge is 2.36. The summed E-state index contributed by atoms with van der Waals surface area (Å²) in [6.45, 7) is 13.9. The predicted molar refractivity (Wildman–Crippen MR) is 199 cm³/mol. The number of piperidine rings is 4. The monoisotopic (exact) mass is 667 g/mol. The third-order valence-electron chi connectivity index (χ3n) is 11.1. The Bertz CT molecular complexity index is 1660. The standard InChI is InChI=1S/C20H27N3O.C19H26N4O.CH4/c1-20(2,3)19(24)23-18-7-5-13(9-16(18)12-22-23)8-15-10-14-4-6-17(15)21-11-14;1-19(2,3)18(24)23-17-7-5-14(9-13(17)11-21-23)22-16-8-12-4-6-15(16)20-10-12;/h5,7,9,12,14-15,17,21H,4,6,8,10-11H2,1-3H3;5,7,9,11-12,15-16,20,22H,4,6,8,10H2,1-3H3;1H4. The molecule has 9 nitrogen and oxygen atoms in total. The number of hydrogen-bond donors (Lipinski definition) is 3. The van der Waals surface area contributed by atoms with Gasteiger partial charge in [-0.2, -0.15) is 19.6 Å². The number of fused-ring (bicyclic) bond motifs is 8. The topological polar surface area (TPSA) is 106 Å². The van der Waals surface area contributed by atoms with Crippen molar-refractivity contribution < 1.29 is 9.59 Å². The van der Waals surface area contributed by atoms with Gasteiger partial charge in [-0.15, -0.1) is 0 Å². The lowest BCUT2D eigenvalue weighted by atomic mass is 9.72. The molecule has 6 unspecified atom stereocenters. The van der Waals surface area contributed by atoms with Gasteiger partial charge in [0.05, 0.1) is 23.4 Å². The summed E-state index contributed by atoms with van der Waals surface area (Å²) >= 11 is 0.